The van der Waals surface area contributed by atoms with Gasteiger partial charge in [0.15, 0.2) is 5.76 Å². The molecule has 1 saturated heterocycles. The van der Waals surface area contributed by atoms with E-state index in [1.165, 1.54) is 4.21 Å². The zero-order valence-corrected chi connectivity index (χ0v) is 18.0. The van der Waals surface area contributed by atoms with Crippen molar-refractivity contribution in [1.29, 1.82) is 0 Å². The average molecular weight is 436 g/mol. The molecule has 1 fully saturated rings. The van der Waals surface area contributed by atoms with Crippen LogP contribution in [0.25, 0.3) is 11.0 Å². The fourth-order valence-corrected chi connectivity index (χ4v) is 5.54. The van der Waals surface area contributed by atoms with Crippen LogP contribution in [-0.2, 0) is 5.75 Å². The van der Waals surface area contributed by atoms with Crippen molar-refractivity contribution in [2.45, 2.75) is 9.96 Å². The van der Waals surface area contributed by atoms with E-state index in [9.17, 15) is 4.79 Å². The minimum Gasteiger partial charge on any atom is -0.451 e. The highest BCUT2D eigenvalue weighted by molar-refractivity contribution is 8.00. The minimum absolute atomic E-state index is 0.0198. The number of fused-ring (bicyclic) bond motifs is 1. The molecular formula is C23H21N3O2S2. The first-order valence-corrected chi connectivity index (χ1v) is 11.8. The molecule has 152 valence electrons. The Morgan fingerprint density at radius 2 is 1.87 bits per heavy atom. The Hall–Kier alpha value is -2.77. The fourth-order valence-electron chi connectivity index (χ4n) is 3.73. The van der Waals surface area contributed by atoms with Crippen LogP contribution in [0.3, 0.4) is 0 Å². The summed E-state index contributed by atoms with van der Waals surface area (Å²) < 4.78 is 7.31. The van der Waals surface area contributed by atoms with Gasteiger partial charge in [0.1, 0.15) is 11.4 Å². The number of hydrogen-bond donors (Lipinski definition) is 0. The second kappa shape index (κ2) is 8.53. The van der Waals surface area contributed by atoms with Crippen molar-refractivity contribution in [3.8, 4) is 0 Å². The number of aromatic nitrogens is 1. The van der Waals surface area contributed by atoms with Crippen molar-refractivity contribution in [3.63, 3.8) is 0 Å². The zero-order chi connectivity index (χ0) is 20.3. The van der Waals surface area contributed by atoms with Gasteiger partial charge >= 0.3 is 0 Å². The number of benzene rings is 1. The lowest BCUT2D eigenvalue weighted by atomic mass is 10.1. The number of rotatable bonds is 5. The van der Waals surface area contributed by atoms with Crippen molar-refractivity contribution in [1.82, 2.24) is 9.88 Å². The molecule has 0 bridgehead atoms. The first-order chi connectivity index (χ1) is 14.8. The molecule has 0 aliphatic carbocycles. The van der Waals surface area contributed by atoms with Crippen LogP contribution < -0.4 is 4.90 Å². The highest BCUT2D eigenvalue weighted by atomic mass is 32.2. The van der Waals surface area contributed by atoms with Crippen LogP contribution in [0.1, 0.15) is 16.1 Å². The Bertz CT molecular complexity index is 1130. The second-order valence-corrected chi connectivity index (χ2v) is 9.32. The number of carbonyl (C=O) groups is 1. The number of hydrogen-bond acceptors (Lipinski definition) is 6. The summed E-state index contributed by atoms with van der Waals surface area (Å²) in [5.74, 6) is 2.13. The number of amides is 1. The van der Waals surface area contributed by atoms with Crippen LogP contribution in [0, 0.1) is 0 Å². The van der Waals surface area contributed by atoms with Crippen molar-refractivity contribution >= 4 is 45.8 Å². The molecule has 0 atom stereocenters. The summed E-state index contributed by atoms with van der Waals surface area (Å²) >= 11 is 3.46. The highest BCUT2D eigenvalue weighted by Crippen LogP contribution is 2.34. The number of carbonyl (C=O) groups excluding carboxylic acids is 1. The Balaban J connectivity index is 1.36. The molecule has 5 nitrogen and oxygen atoms in total. The van der Waals surface area contributed by atoms with Crippen molar-refractivity contribution < 1.29 is 9.21 Å². The maximum atomic E-state index is 13.4. The third-order valence-electron chi connectivity index (χ3n) is 5.29. The minimum atomic E-state index is -0.0198. The second-order valence-electron chi connectivity index (χ2n) is 7.09. The van der Waals surface area contributed by atoms with Crippen molar-refractivity contribution in [2.75, 3.05) is 31.1 Å². The number of pyridine rings is 1. The molecule has 0 unspecified atom stereocenters. The molecule has 4 aromatic rings. The van der Waals surface area contributed by atoms with Crippen molar-refractivity contribution in [3.05, 3.63) is 77.5 Å². The van der Waals surface area contributed by atoms with Crippen LogP contribution in [0.5, 0.6) is 0 Å². The van der Waals surface area contributed by atoms with Crippen LogP contribution in [0.4, 0.5) is 5.82 Å². The quantitative estimate of drug-likeness (QED) is 0.406. The number of thioether (sulfide) groups is 1. The van der Waals surface area contributed by atoms with Gasteiger partial charge in [0.05, 0.1) is 4.21 Å². The number of anilines is 1. The third-order valence-corrected chi connectivity index (χ3v) is 7.44. The van der Waals surface area contributed by atoms with Gasteiger partial charge in [-0.15, -0.1) is 23.1 Å². The van der Waals surface area contributed by atoms with E-state index >= 15 is 0 Å². The van der Waals surface area contributed by atoms with Gasteiger partial charge in [-0.25, -0.2) is 4.98 Å². The van der Waals surface area contributed by atoms with Gasteiger partial charge in [-0.1, -0.05) is 30.3 Å². The highest BCUT2D eigenvalue weighted by Gasteiger charge is 2.28. The number of furan rings is 1. The lowest BCUT2D eigenvalue weighted by Crippen LogP contribution is -2.49. The van der Waals surface area contributed by atoms with Gasteiger partial charge in [-0.05, 0) is 29.6 Å². The molecule has 1 aromatic carbocycles. The molecule has 5 rings (SSSR count). The summed E-state index contributed by atoms with van der Waals surface area (Å²) in [6.07, 6.45) is 1.80. The summed E-state index contributed by atoms with van der Waals surface area (Å²) in [6.45, 7) is 2.85. The molecule has 3 aromatic heterocycles. The van der Waals surface area contributed by atoms with E-state index < -0.39 is 0 Å². The van der Waals surface area contributed by atoms with E-state index in [4.69, 9.17) is 4.42 Å². The van der Waals surface area contributed by atoms with E-state index in [0.29, 0.717) is 24.6 Å². The molecule has 30 heavy (non-hydrogen) atoms. The zero-order valence-electron chi connectivity index (χ0n) is 16.4. The monoisotopic (exact) mass is 435 g/mol. The number of thiophene rings is 1. The molecule has 0 radical (unpaired) electrons. The normalized spacial score (nSPS) is 14.4. The topological polar surface area (TPSA) is 49.6 Å². The summed E-state index contributed by atoms with van der Waals surface area (Å²) in [7, 11) is 0. The molecule has 0 N–H and O–H groups in total. The number of piperazine rings is 1. The van der Waals surface area contributed by atoms with Crippen LogP contribution in [0.2, 0.25) is 0 Å². The van der Waals surface area contributed by atoms with Gasteiger partial charge in [0.2, 0.25) is 0 Å². The average Bonchev–Trinajstić information content (AvgIpc) is 3.46. The predicted molar refractivity (Wildman–Crippen MR) is 122 cm³/mol. The van der Waals surface area contributed by atoms with Crippen molar-refractivity contribution in [2.24, 2.45) is 0 Å². The van der Waals surface area contributed by atoms with E-state index in [2.05, 4.69) is 21.3 Å². The molecule has 0 spiro atoms. The molecular weight excluding hydrogens is 414 g/mol. The van der Waals surface area contributed by atoms with Gasteiger partial charge in [-0.3, -0.25) is 4.79 Å². The molecule has 7 heteroatoms. The van der Waals surface area contributed by atoms with Gasteiger partial charge in [0, 0.05) is 49.1 Å². The predicted octanol–water partition coefficient (Wildman–Crippen LogP) is 5.14. The molecule has 4 heterocycles. The van der Waals surface area contributed by atoms with E-state index in [-0.39, 0.29) is 5.91 Å². The van der Waals surface area contributed by atoms with E-state index in [0.717, 1.165) is 35.4 Å². The standard InChI is InChI=1S/C23H21N3O2S2/c27-23(26-13-11-25(12-14-26)20-8-3-4-10-24-20)22-18(16-30-21-9-5-15-29-21)17-6-1-2-7-19(17)28-22/h1-10,15H,11-14,16H2. The van der Waals surface area contributed by atoms with Gasteiger partial charge in [0.25, 0.3) is 5.91 Å². The smallest absolute Gasteiger partial charge is 0.290 e. The van der Waals surface area contributed by atoms with Crippen LogP contribution in [-0.4, -0.2) is 42.0 Å². The Labute approximate surface area is 183 Å². The lowest BCUT2D eigenvalue weighted by molar-refractivity contribution is 0.0715. The summed E-state index contributed by atoms with van der Waals surface area (Å²) in [4.78, 5) is 21.9. The molecule has 1 aliphatic heterocycles. The van der Waals surface area contributed by atoms with E-state index in [1.807, 2.05) is 53.4 Å². The Morgan fingerprint density at radius 3 is 2.63 bits per heavy atom. The van der Waals surface area contributed by atoms with Crippen LogP contribution in [0.15, 0.2) is 74.8 Å². The molecule has 0 saturated carbocycles. The van der Waals surface area contributed by atoms with Crippen LogP contribution >= 0.6 is 23.1 Å². The first kappa shape index (κ1) is 19.2. The number of nitrogens with zero attached hydrogens (tertiary/aromatic N) is 3. The Kier molecular flexibility index (Phi) is 5.46. The maximum Gasteiger partial charge on any atom is 0.290 e. The summed E-state index contributed by atoms with van der Waals surface area (Å²) in [5.41, 5.74) is 1.76. The Morgan fingerprint density at radius 1 is 1.03 bits per heavy atom. The fraction of sp³-hybridized carbons (Fsp3) is 0.217. The SMILES string of the molecule is O=C(c1oc2ccccc2c1CSc1cccs1)N1CCN(c2ccccn2)CC1. The van der Waals surface area contributed by atoms with Gasteiger partial charge in [-0.2, -0.15) is 0 Å². The molecule has 1 amide bonds. The maximum absolute atomic E-state index is 13.4. The van der Waals surface area contributed by atoms with Gasteiger partial charge < -0.3 is 14.2 Å². The summed E-state index contributed by atoms with van der Waals surface area (Å²) in [5, 5.41) is 3.10. The lowest BCUT2D eigenvalue weighted by Gasteiger charge is -2.35. The summed E-state index contributed by atoms with van der Waals surface area (Å²) in [6, 6.07) is 18.0. The third kappa shape index (κ3) is 3.82. The largest absolute Gasteiger partial charge is 0.451 e. The van der Waals surface area contributed by atoms with E-state index in [1.54, 1.807) is 29.3 Å². The first-order valence-electron chi connectivity index (χ1n) is 9.91. The molecule has 1 aliphatic rings. The number of para-hydroxylation sites is 1.